The van der Waals surface area contributed by atoms with Crippen LogP contribution in [-0.2, 0) is 0 Å². The van der Waals surface area contributed by atoms with E-state index in [-0.39, 0.29) is 12.1 Å². The second kappa shape index (κ2) is 5.17. The van der Waals surface area contributed by atoms with Crippen molar-refractivity contribution in [1.82, 2.24) is 0 Å². The van der Waals surface area contributed by atoms with Crippen LogP contribution < -0.4 is 15.2 Å². The molecule has 0 amide bonds. The summed E-state index contributed by atoms with van der Waals surface area (Å²) in [4.78, 5) is 0. The van der Waals surface area contributed by atoms with Crippen LogP contribution in [0.15, 0.2) is 42.5 Å². The van der Waals surface area contributed by atoms with Gasteiger partial charge in [-0.1, -0.05) is 29.8 Å². The summed E-state index contributed by atoms with van der Waals surface area (Å²) < 4.78 is 11.3. The van der Waals surface area contributed by atoms with Gasteiger partial charge in [0.25, 0.3) is 0 Å². The number of hydrogen-bond acceptors (Lipinski definition) is 3. The van der Waals surface area contributed by atoms with Crippen LogP contribution >= 0.6 is 0 Å². The van der Waals surface area contributed by atoms with E-state index in [0.717, 1.165) is 23.5 Å². The first kappa shape index (κ1) is 13.0. The molecule has 0 saturated heterocycles. The number of ether oxygens (including phenoxy) is 2. The highest BCUT2D eigenvalue weighted by Crippen LogP contribution is 2.41. The van der Waals surface area contributed by atoms with E-state index in [1.807, 2.05) is 18.2 Å². The fraction of sp³-hybridized carbons (Fsp3) is 0.294. The normalized spacial score (nSPS) is 20.9. The number of methoxy groups -OCH3 is 1. The van der Waals surface area contributed by atoms with Crippen LogP contribution in [0.4, 0.5) is 0 Å². The number of benzene rings is 2. The largest absolute Gasteiger partial charge is 0.497 e. The average molecular weight is 269 g/mol. The molecule has 2 N–H and O–H groups in total. The molecule has 2 atom stereocenters. The Morgan fingerprint density at radius 1 is 1.15 bits per heavy atom. The summed E-state index contributed by atoms with van der Waals surface area (Å²) in [5.74, 6) is 1.67. The fourth-order valence-electron chi connectivity index (χ4n) is 2.59. The van der Waals surface area contributed by atoms with Crippen molar-refractivity contribution in [3.05, 3.63) is 59.2 Å². The molecule has 0 aliphatic carbocycles. The van der Waals surface area contributed by atoms with E-state index in [9.17, 15) is 0 Å². The third-order valence-electron chi connectivity index (χ3n) is 3.80. The first-order valence-corrected chi connectivity index (χ1v) is 6.84. The van der Waals surface area contributed by atoms with Crippen LogP contribution in [0.1, 0.15) is 35.3 Å². The van der Waals surface area contributed by atoms with Crippen LogP contribution in [-0.4, -0.2) is 7.11 Å². The number of hydrogen-bond donors (Lipinski definition) is 1. The molecule has 1 heterocycles. The van der Waals surface area contributed by atoms with Crippen molar-refractivity contribution in [2.75, 3.05) is 7.11 Å². The van der Waals surface area contributed by atoms with Crippen molar-refractivity contribution < 1.29 is 9.47 Å². The molecule has 3 heteroatoms. The number of aryl methyl sites for hydroxylation is 1. The van der Waals surface area contributed by atoms with Gasteiger partial charge in [0.05, 0.1) is 7.11 Å². The van der Waals surface area contributed by atoms with Crippen molar-refractivity contribution in [2.24, 2.45) is 5.73 Å². The van der Waals surface area contributed by atoms with Gasteiger partial charge in [-0.3, -0.25) is 0 Å². The average Bonchev–Trinajstić information content (AvgIpc) is 2.47. The Labute approximate surface area is 119 Å². The number of nitrogens with two attached hydrogens (primary N) is 1. The van der Waals surface area contributed by atoms with Gasteiger partial charge in [-0.2, -0.15) is 0 Å². The van der Waals surface area contributed by atoms with Crippen LogP contribution in [0.3, 0.4) is 0 Å². The van der Waals surface area contributed by atoms with Gasteiger partial charge in [0, 0.05) is 18.0 Å². The maximum Gasteiger partial charge on any atom is 0.126 e. The lowest BCUT2D eigenvalue weighted by Gasteiger charge is -2.31. The van der Waals surface area contributed by atoms with Gasteiger partial charge in [0.15, 0.2) is 0 Å². The monoisotopic (exact) mass is 269 g/mol. The Balaban J connectivity index is 1.90. The summed E-state index contributed by atoms with van der Waals surface area (Å²) in [6, 6.07) is 14.2. The van der Waals surface area contributed by atoms with Gasteiger partial charge in [-0.15, -0.1) is 0 Å². The van der Waals surface area contributed by atoms with E-state index < -0.39 is 0 Å². The minimum absolute atomic E-state index is 0.0199. The highest BCUT2D eigenvalue weighted by Gasteiger charge is 2.27. The third kappa shape index (κ3) is 2.37. The zero-order chi connectivity index (χ0) is 14.1. The van der Waals surface area contributed by atoms with E-state index in [4.69, 9.17) is 15.2 Å². The molecule has 0 spiro atoms. The molecular formula is C17H19NO2. The van der Waals surface area contributed by atoms with Gasteiger partial charge >= 0.3 is 0 Å². The SMILES string of the molecule is COc1ccc2c(c1)[C@@H](N)CC(c1ccc(C)cc1)O2. The molecule has 1 aliphatic rings. The Bertz CT molecular complexity index is 607. The Morgan fingerprint density at radius 3 is 2.60 bits per heavy atom. The predicted molar refractivity (Wildman–Crippen MR) is 79.1 cm³/mol. The van der Waals surface area contributed by atoms with Crippen LogP contribution in [0.25, 0.3) is 0 Å². The topological polar surface area (TPSA) is 44.5 Å². The molecule has 20 heavy (non-hydrogen) atoms. The quantitative estimate of drug-likeness (QED) is 0.907. The predicted octanol–water partition coefficient (Wildman–Crippen LogP) is 3.53. The Morgan fingerprint density at radius 2 is 1.90 bits per heavy atom. The second-order valence-corrected chi connectivity index (χ2v) is 5.26. The highest BCUT2D eigenvalue weighted by atomic mass is 16.5. The molecule has 1 unspecified atom stereocenters. The highest BCUT2D eigenvalue weighted by molar-refractivity contribution is 5.44. The van der Waals surface area contributed by atoms with Crippen LogP contribution in [0, 0.1) is 6.92 Å². The maximum absolute atomic E-state index is 6.29. The van der Waals surface area contributed by atoms with Gasteiger partial charge in [0.1, 0.15) is 17.6 Å². The first-order valence-electron chi connectivity index (χ1n) is 6.84. The smallest absolute Gasteiger partial charge is 0.126 e. The minimum atomic E-state index is -0.0276. The molecule has 2 aromatic rings. The van der Waals surface area contributed by atoms with Crippen LogP contribution in [0.2, 0.25) is 0 Å². The van der Waals surface area contributed by atoms with E-state index in [1.54, 1.807) is 7.11 Å². The molecule has 3 rings (SSSR count). The molecule has 2 aromatic carbocycles. The van der Waals surface area contributed by atoms with Crippen LogP contribution in [0.5, 0.6) is 11.5 Å². The molecule has 3 nitrogen and oxygen atoms in total. The van der Waals surface area contributed by atoms with E-state index in [0.29, 0.717) is 0 Å². The summed E-state index contributed by atoms with van der Waals surface area (Å²) in [7, 11) is 1.66. The summed E-state index contributed by atoms with van der Waals surface area (Å²) >= 11 is 0. The van der Waals surface area contributed by atoms with Gasteiger partial charge in [-0.25, -0.2) is 0 Å². The summed E-state index contributed by atoms with van der Waals surface area (Å²) in [6.45, 7) is 2.08. The number of rotatable bonds is 2. The van der Waals surface area contributed by atoms with Gasteiger partial charge in [-0.05, 0) is 30.7 Å². The summed E-state index contributed by atoms with van der Waals surface area (Å²) in [6.07, 6.45) is 0.801. The van der Waals surface area contributed by atoms with Crippen molar-refractivity contribution in [2.45, 2.75) is 25.5 Å². The maximum atomic E-state index is 6.29. The summed E-state index contributed by atoms with van der Waals surface area (Å²) in [5.41, 5.74) is 9.74. The molecule has 0 aromatic heterocycles. The van der Waals surface area contributed by atoms with E-state index in [1.165, 1.54) is 11.1 Å². The van der Waals surface area contributed by atoms with Gasteiger partial charge < -0.3 is 15.2 Å². The molecule has 1 aliphatic heterocycles. The van der Waals surface area contributed by atoms with Crippen molar-refractivity contribution >= 4 is 0 Å². The molecule has 0 bridgehead atoms. The second-order valence-electron chi connectivity index (χ2n) is 5.26. The zero-order valence-corrected chi connectivity index (χ0v) is 11.8. The van der Waals surface area contributed by atoms with Crippen molar-refractivity contribution in [3.8, 4) is 11.5 Å². The fourth-order valence-corrected chi connectivity index (χ4v) is 2.59. The van der Waals surface area contributed by atoms with Crippen molar-refractivity contribution in [1.29, 1.82) is 0 Å². The lowest BCUT2D eigenvalue weighted by molar-refractivity contribution is 0.161. The lowest BCUT2D eigenvalue weighted by Crippen LogP contribution is -2.24. The number of fused-ring (bicyclic) bond motifs is 1. The molecule has 0 radical (unpaired) electrons. The first-order chi connectivity index (χ1) is 9.67. The lowest BCUT2D eigenvalue weighted by atomic mass is 9.93. The molecule has 0 fully saturated rings. The van der Waals surface area contributed by atoms with E-state index in [2.05, 4.69) is 31.2 Å². The Hall–Kier alpha value is -2.00. The Kier molecular flexibility index (Phi) is 3.36. The standard InChI is InChI=1S/C17H19NO2/c1-11-3-5-12(6-4-11)17-10-15(18)14-9-13(19-2)7-8-16(14)20-17/h3-9,15,17H,10,18H2,1-2H3/t15-,17?/m0/s1. The van der Waals surface area contributed by atoms with Gasteiger partial charge in [0.2, 0.25) is 0 Å². The zero-order valence-electron chi connectivity index (χ0n) is 11.8. The third-order valence-corrected chi connectivity index (χ3v) is 3.80. The van der Waals surface area contributed by atoms with Crippen molar-refractivity contribution in [3.63, 3.8) is 0 Å². The summed E-state index contributed by atoms with van der Waals surface area (Å²) in [5, 5.41) is 0. The molecular weight excluding hydrogens is 250 g/mol. The van der Waals surface area contributed by atoms with E-state index >= 15 is 0 Å². The molecule has 104 valence electrons. The minimum Gasteiger partial charge on any atom is -0.497 e. The molecule has 0 saturated carbocycles.